The average Bonchev–Trinajstić information content (AvgIpc) is 2.86. The van der Waals surface area contributed by atoms with Gasteiger partial charge in [0.25, 0.3) is 0 Å². The van der Waals surface area contributed by atoms with Crippen LogP contribution in [0.3, 0.4) is 0 Å². The number of aromatic carboxylic acids is 1. The van der Waals surface area contributed by atoms with Crippen LogP contribution < -0.4 is 5.32 Å². The molecular formula is C15H18N2O2S2. The smallest absolute Gasteiger partial charge is 0.338 e. The molecule has 2 aromatic rings. The van der Waals surface area contributed by atoms with Crippen molar-refractivity contribution < 1.29 is 9.90 Å². The second-order valence-corrected chi connectivity index (χ2v) is 6.81. The van der Waals surface area contributed by atoms with Crippen molar-refractivity contribution in [2.24, 2.45) is 0 Å². The van der Waals surface area contributed by atoms with Crippen LogP contribution in [-0.4, -0.2) is 21.8 Å². The van der Waals surface area contributed by atoms with Gasteiger partial charge in [-0.3, -0.25) is 0 Å². The standard InChI is InChI=1S/C15H18N2O2S2/c1-4-20-12-7-5-6-11(13(12)15(18)19)17-10(3)14-16-9(2)8-21-14/h5-8,10,17H,4H2,1-3H3,(H,18,19). The molecule has 1 heterocycles. The Hall–Kier alpha value is -1.53. The highest BCUT2D eigenvalue weighted by atomic mass is 32.2. The minimum Gasteiger partial charge on any atom is -0.478 e. The molecule has 0 fully saturated rings. The van der Waals surface area contributed by atoms with Crippen LogP contribution in [0, 0.1) is 6.92 Å². The first-order chi connectivity index (χ1) is 10.0. The summed E-state index contributed by atoms with van der Waals surface area (Å²) in [5.41, 5.74) is 1.96. The fraction of sp³-hybridized carbons (Fsp3) is 0.333. The number of aromatic nitrogens is 1. The Balaban J connectivity index is 2.30. The molecule has 112 valence electrons. The lowest BCUT2D eigenvalue weighted by molar-refractivity contribution is 0.0694. The topological polar surface area (TPSA) is 62.2 Å². The Morgan fingerprint density at radius 3 is 2.86 bits per heavy atom. The molecule has 0 saturated heterocycles. The largest absolute Gasteiger partial charge is 0.478 e. The van der Waals surface area contributed by atoms with E-state index in [-0.39, 0.29) is 6.04 Å². The quantitative estimate of drug-likeness (QED) is 0.770. The second-order valence-electron chi connectivity index (χ2n) is 4.61. The zero-order valence-electron chi connectivity index (χ0n) is 12.2. The number of anilines is 1. The van der Waals surface area contributed by atoms with Crippen molar-refractivity contribution in [2.45, 2.75) is 31.7 Å². The highest BCUT2D eigenvalue weighted by Gasteiger charge is 2.18. The van der Waals surface area contributed by atoms with Gasteiger partial charge in [0.1, 0.15) is 5.01 Å². The van der Waals surface area contributed by atoms with E-state index in [0.29, 0.717) is 11.3 Å². The number of nitrogens with zero attached hydrogens (tertiary/aromatic N) is 1. The molecule has 2 rings (SSSR count). The highest BCUT2D eigenvalue weighted by molar-refractivity contribution is 7.99. The normalized spacial score (nSPS) is 12.1. The van der Waals surface area contributed by atoms with Crippen molar-refractivity contribution in [3.63, 3.8) is 0 Å². The first kappa shape index (κ1) is 15.9. The van der Waals surface area contributed by atoms with E-state index in [1.54, 1.807) is 17.4 Å². The van der Waals surface area contributed by atoms with Crippen LogP contribution in [0.15, 0.2) is 28.5 Å². The summed E-state index contributed by atoms with van der Waals surface area (Å²) >= 11 is 3.12. The average molecular weight is 322 g/mol. The van der Waals surface area contributed by atoms with Crippen LogP contribution in [0.5, 0.6) is 0 Å². The van der Waals surface area contributed by atoms with Crippen molar-refractivity contribution in [3.05, 3.63) is 39.8 Å². The van der Waals surface area contributed by atoms with E-state index in [4.69, 9.17) is 0 Å². The van der Waals surface area contributed by atoms with E-state index in [2.05, 4.69) is 10.3 Å². The van der Waals surface area contributed by atoms with Gasteiger partial charge in [-0.2, -0.15) is 0 Å². The number of carboxylic acids is 1. The molecule has 1 aromatic carbocycles. The minimum absolute atomic E-state index is 0.0244. The fourth-order valence-corrected chi connectivity index (χ4v) is 3.64. The lowest BCUT2D eigenvalue weighted by Crippen LogP contribution is -2.11. The molecular weight excluding hydrogens is 304 g/mol. The number of benzene rings is 1. The Kier molecular flexibility index (Phi) is 5.25. The summed E-state index contributed by atoms with van der Waals surface area (Å²) < 4.78 is 0. The van der Waals surface area contributed by atoms with Gasteiger partial charge < -0.3 is 10.4 Å². The predicted octanol–water partition coefficient (Wildman–Crippen LogP) is 4.43. The Labute approximate surface area is 132 Å². The molecule has 6 heteroatoms. The Morgan fingerprint density at radius 2 is 2.29 bits per heavy atom. The third-order valence-corrected chi connectivity index (χ3v) is 5.00. The van der Waals surface area contributed by atoms with E-state index in [1.165, 1.54) is 11.8 Å². The lowest BCUT2D eigenvalue weighted by atomic mass is 10.1. The molecule has 0 bridgehead atoms. The number of thioether (sulfide) groups is 1. The molecule has 0 spiro atoms. The van der Waals surface area contributed by atoms with E-state index in [9.17, 15) is 9.90 Å². The first-order valence-corrected chi connectivity index (χ1v) is 8.57. The summed E-state index contributed by atoms with van der Waals surface area (Å²) in [5.74, 6) is -0.0677. The number of hydrogen-bond donors (Lipinski definition) is 2. The maximum atomic E-state index is 11.6. The maximum Gasteiger partial charge on any atom is 0.338 e. The number of nitrogens with one attached hydrogen (secondary N) is 1. The van der Waals surface area contributed by atoms with Crippen molar-refractivity contribution in [2.75, 3.05) is 11.1 Å². The fourth-order valence-electron chi connectivity index (χ4n) is 2.01. The third-order valence-electron chi connectivity index (χ3n) is 2.92. The zero-order chi connectivity index (χ0) is 15.4. The molecule has 1 unspecified atom stereocenters. The molecule has 0 saturated carbocycles. The highest BCUT2D eigenvalue weighted by Crippen LogP contribution is 2.31. The number of hydrogen-bond acceptors (Lipinski definition) is 5. The molecule has 0 amide bonds. The van der Waals surface area contributed by atoms with E-state index in [0.717, 1.165) is 21.3 Å². The van der Waals surface area contributed by atoms with Crippen LogP contribution in [0.4, 0.5) is 5.69 Å². The summed E-state index contributed by atoms with van der Waals surface area (Å²) in [6.07, 6.45) is 0. The van der Waals surface area contributed by atoms with Gasteiger partial charge in [-0.1, -0.05) is 13.0 Å². The second kappa shape index (κ2) is 6.95. The maximum absolute atomic E-state index is 11.6. The molecule has 4 nitrogen and oxygen atoms in total. The van der Waals surface area contributed by atoms with E-state index in [1.807, 2.05) is 38.3 Å². The number of thiazole rings is 1. The Bertz CT molecular complexity index is 640. The molecule has 2 N–H and O–H groups in total. The van der Waals surface area contributed by atoms with Crippen molar-refractivity contribution in [1.29, 1.82) is 0 Å². The van der Waals surface area contributed by atoms with Crippen molar-refractivity contribution in [1.82, 2.24) is 4.98 Å². The summed E-state index contributed by atoms with van der Waals surface area (Å²) in [4.78, 5) is 16.8. The minimum atomic E-state index is -0.906. The van der Waals surface area contributed by atoms with Gasteiger partial charge in [0, 0.05) is 16.0 Å². The van der Waals surface area contributed by atoms with Gasteiger partial charge in [0.2, 0.25) is 0 Å². The first-order valence-electron chi connectivity index (χ1n) is 6.70. The van der Waals surface area contributed by atoms with Gasteiger partial charge in [-0.15, -0.1) is 23.1 Å². The molecule has 0 aliphatic rings. The monoisotopic (exact) mass is 322 g/mol. The number of carbonyl (C=O) groups is 1. The molecule has 1 aromatic heterocycles. The summed E-state index contributed by atoms with van der Waals surface area (Å²) in [6.45, 7) is 5.95. The van der Waals surface area contributed by atoms with Crippen LogP contribution in [-0.2, 0) is 0 Å². The summed E-state index contributed by atoms with van der Waals surface area (Å²) in [7, 11) is 0. The Morgan fingerprint density at radius 1 is 1.52 bits per heavy atom. The number of carboxylic acid groups (broad SMARTS) is 1. The summed E-state index contributed by atoms with van der Waals surface area (Å²) in [5, 5.41) is 15.7. The van der Waals surface area contributed by atoms with Crippen LogP contribution >= 0.6 is 23.1 Å². The van der Waals surface area contributed by atoms with Gasteiger partial charge >= 0.3 is 5.97 Å². The van der Waals surface area contributed by atoms with Gasteiger partial charge in [0.15, 0.2) is 0 Å². The summed E-state index contributed by atoms with van der Waals surface area (Å²) in [6, 6.07) is 5.51. The SMILES string of the molecule is CCSc1cccc(NC(C)c2nc(C)cs2)c1C(=O)O. The number of aryl methyl sites for hydroxylation is 1. The van der Waals surface area contributed by atoms with Crippen molar-refractivity contribution in [3.8, 4) is 0 Å². The molecule has 0 radical (unpaired) electrons. The van der Waals surface area contributed by atoms with Gasteiger partial charge in [-0.05, 0) is 31.7 Å². The van der Waals surface area contributed by atoms with Crippen LogP contribution in [0.1, 0.15) is 40.9 Å². The molecule has 21 heavy (non-hydrogen) atoms. The van der Waals surface area contributed by atoms with Crippen LogP contribution in [0.2, 0.25) is 0 Å². The van der Waals surface area contributed by atoms with Crippen LogP contribution in [0.25, 0.3) is 0 Å². The number of rotatable bonds is 6. The van der Waals surface area contributed by atoms with E-state index >= 15 is 0 Å². The van der Waals surface area contributed by atoms with E-state index < -0.39 is 5.97 Å². The predicted molar refractivity (Wildman–Crippen MR) is 88.7 cm³/mol. The molecule has 1 atom stereocenters. The lowest BCUT2D eigenvalue weighted by Gasteiger charge is -2.16. The third kappa shape index (κ3) is 3.77. The van der Waals surface area contributed by atoms with Gasteiger partial charge in [-0.25, -0.2) is 9.78 Å². The zero-order valence-corrected chi connectivity index (χ0v) is 13.8. The van der Waals surface area contributed by atoms with Crippen molar-refractivity contribution >= 4 is 34.8 Å². The molecule has 0 aliphatic heterocycles. The molecule has 0 aliphatic carbocycles. The van der Waals surface area contributed by atoms with Gasteiger partial charge in [0.05, 0.1) is 17.3 Å².